The molecule has 2 amide bonds. The number of hydrogen-bond acceptors (Lipinski definition) is 4. The molecule has 19 heavy (non-hydrogen) atoms. The van der Waals surface area contributed by atoms with Gasteiger partial charge in [0.25, 0.3) is 0 Å². The fourth-order valence-electron chi connectivity index (χ4n) is 2.61. The SMILES string of the molecule is CC(N)C1CCCCN1C(=O)CN1CSCC1=O.Cl. The fourth-order valence-corrected chi connectivity index (χ4v) is 3.51. The van der Waals surface area contributed by atoms with Crippen molar-refractivity contribution in [2.75, 3.05) is 24.7 Å². The van der Waals surface area contributed by atoms with Gasteiger partial charge in [-0.15, -0.1) is 24.2 Å². The van der Waals surface area contributed by atoms with Gasteiger partial charge >= 0.3 is 0 Å². The molecule has 0 saturated carbocycles. The van der Waals surface area contributed by atoms with E-state index in [1.807, 2.05) is 11.8 Å². The van der Waals surface area contributed by atoms with Crippen LogP contribution in [0, 0.1) is 0 Å². The van der Waals surface area contributed by atoms with Gasteiger partial charge in [0, 0.05) is 18.6 Å². The Kier molecular flexibility index (Phi) is 6.42. The van der Waals surface area contributed by atoms with Gasteiger partial charge in [-0.2, -0.15) is 0 Å². The molecule has 7 heteroatoms. The van der Waals surface area contributed by atoms with E-state index in [1.54, 1.807) is 16.7 Å². The van der Waals surface area contributed by atoms with Gasteiger partial charge in [0.2, 0.25) is 11.8 Å². The van der Waals surface area contributed by atoms with E-state index in [9.17, 15) is 9.59 Å². The van der Waals surface area contributed by atoms with E-state index in [0.29, 0.717) is 11.6 Å². The molecule has 0 aliphatic carbocycles. The third kappa shape index (κ3) is 4.00. The van der Waals surface area contributed by atoms with Gasteiger partial charge in [0.1, 0.15) is 6.54 Å². The number of rotatable bonds is 3. The van der Waals surface area contributed by atoms with Gasteiger partial charge in [0.05, 0.1) is 11.6 Å². The molecule has 2 fully saturated rings. The second kappa shape index (κ2) is 7.36. The molecule has 2 aliphatic heterocycles. The maximum absolute atomic E-state index is 12.3. The van der Waals surface area contributed by atoms with Crippen molar-refractivity contribution in [2.24, 2.45) is 5.73 Å². The number of amides is 2. The van der Waals surface area contributed by atoms with Crippen LogP contribution in [0.3, 0.4) is 0 Å². The molecule has 110 valence electrons. The maximum Gasteiger partial charge on any atom is 0.242 e. The smallest absolute Gasteiger partial charge is 0.242 e. The number of nitrogens with two attached hydrogens (primary N) is 1. The third-order valence-corrected chi connectivity index (χ3v) is 4.57. The van der Waals surface area contributed by atoms with Crippen LogP contribution in [-0.2, 0) is 9.59 Å². The number of hydrogen-bond donors (Lipinski definition) is 1. The molecule has 2 heterocycles. The lowest BCUT2D eigenvalue weighted by atomic mass is 9.97. The lowest BCUT2D eigenvalue weighted by molar-refractivity contribution is -0.140. The van der Waals surface area contributed by atoms with Gasteiger partial charge < -0.3 is 15.5 Å². The summed E-state index contributed by atoms with van der Waals surface area (Å²) < 4.78 is 0. The van der Waals surface area contributed by atoms with Crippen LogP contribution in [-0.4, -0.2) is 58.4 Å². The number of piperidine rings is 1. The van der Waals surface area contributed by atoms with Crippen LogP contribution in [0.25, 0.3) is 0 Å². The Labute approximate surface area is 124 Å². The number of halogens is 1. The van der Waals surface area contributed by atoms with Crippen molar-refractivity contribution < 1.29 is 9.59 Å². The lowest BCUT2D eigenvalue weighted by Gasteiger charge is -2.38. The Morgan fingerprint density at radius 2 is 2.26 bits per heavy atom. The summed E-state index contributed by atoms with van der Waals surface area (Å²) in [5, 5.41) is 0. The Hall–Kier alpha value is -0.460. The standard InChI is InChI=1S/C12H21N3O2S.ClH/c1-9(13)10-4-2-3-5-15(10)11(16)6-14-8-18-7-12(14)17;/h9-10H,2-8,13H2,1H3;1H. The zero-order chi connectivity index (χ0) is 13.1. The van der Waals surface area contributed by atoms with Gasteiger partial charge in [-0.1, -0.05) is 0 Å². The van der Waals surface area contributed by atoms with E-state index in [-0.39, 0.29) is 42.8 Å². The first kappa shape index (κ1) is 16.6. The average molecular weight is 308 g/mol. The van der Waals surface area contributed by atoms with E-state index in [0.717, 1.165) is 25.8 Å². The van der Waals surface area contributed by atoms with Gasteiger partial charge in [-0.05, 0) is 26.2 Å². The minimum Gasteiger partial charge on any atom is -0.337 e. The monoisotopic (exact) mass is 307 g/mol. The first-order valence-corrected chi connectivity index (χ1v) is 7.65. The molecule has 2 N–H and O–H groups in total. The van der Waals surface area contributed by atoms with E-state index in [4.69, 9.17) is 5.73 Å². The van der Waals surface area contributed by atoms with E-state index >= 15 is 0 Å². The Morgan fingerprint density at radius 1 is 1.53 bits per heavy atom. The predicted molar refractivity (Wildman–Crippen MR) is 79.3 cm³/mol. The Morgan fingerprint density at radius 3 is 2.84 bits per heavy atom. The second-order valence-corrected chi connectivity index (χ2v) is 6.03. The summed E-state index contributed by atoms with van der Waals surface area (Å²) in [4.78, 5) is 27.3. The Bertz CT molecular complexity index is 341. The average Bonchev–Trinajstić information content (AvgIpc) is 2.75. The first-order valence-electron chi connectivity index (χ1n) is 6.50. The molecule has 0 bridgehead atoms. The molecule has 2 rings (SSSR count). The summed E-state index contributed by atoms with van der Waals surface area (Å²) in [6.07, 6.45) is 3.15. The highest BCUT2D eigenvalue weighted by Crippen LogP contribution is 2.21. The molecule has 0 aromatic rings. The third-order valence-electron chi connectivity index (χ3n) is 3.63. The predicted octanol–water partition coefficient (Wildman–Crippen LogP) is 0.669. The van der Waals surface area contributed by atoms with Gasteiger partial charge in [-0.25, -0.2) is 0 Å². The molecule has 0 aromatic carbocycles. The van der Waals surface area contributed by atoms with Crippen LogP contribution in [0.2, 0.25) is 0 Å². The molecule has 5 nitrogen and oxygen atoms in total. The second-order valence-electron chi connectivity index (χ2n) is 5.08. The Balaban J connectivity index is 0.00000180. The lowest BCUT2D eigenvalue weighted by Crippen LogP contribution is -2.54. The summed E-state index contributed by atoms with van der Waals surface area (Å²) in [5.41, 5.74) is 5.95. The molecule has 0 radical (unpaired) electrons. The first-order chi connectivity index (χ1) is 8.59. The highest BCUT2D eigenvalue weighted by Gasteiger charge is 2.31. The van der Waals surface area contributed by atoms with Crippen LogP contribution in [0.4, 0.5) is 0 Å². The number of likely N-dealkylation sites (tertiary alicyclic amines) is 1. The summed E-state index contributed by atoms with van der Waals surface area (Å²) in [6, 6.07) is 0.134. The normalized spacial score (nSPS) is 25.2. The number of thioether (sulfide) groups is 1. The van der Waals surface area contributed by atoms with Crippen LogP contribution in [0.5, 0.6) is 0 Å². The van der Waals surface area contributed by atoms with Crippen molar-refractivity contribution in [2.45, 2.75) is 38.3 Å². The molecule has 0 aromatic heterocycles. The molecule has 0 spiro atoms. The summed E-state index contributed by atoms with van der Waals surface area (Å²) in [5.74, 6) is 1.26. The minimum atomic E-state index is -0.00194. The largest absolute Gasteiger partial charge is 0.337 e. The van der Waals surface area contributed by atoms with Crippen molar-refractivity contribution in [3.05, 3.63) is 0 Å². The van der Waals surface area contributed by atoms with Crippen molar-refractivity contribution >= 4 is 36.0 Å². The number of carbonyl (C=O) groups excluding carboxylic acids is 2. The van der Waals surface area contributed by atoms with E-state index in [1.165, 1.54) is 0 Å². The van der Waals surface area contributed by atoms with Crippen molar-refractivity contribution in [1.29, 1.82) is 0 Å². The van der Waals surface area contributed by atoms with Gasteiger partial charge in [-0.3, -0.25) is 9.59 Å². The van der Waals surface area contributed by atoms with Crippen LogP contribution in [0.15, 0.2) is 0 Å². The molecule has 2 saturated heterocycles. The summed E-state index contributed by atoms with van der Waals surface area (Å²) in [6.45, 7) is 2.95. The highest BCUT2D eigenvalue weighted by molar-refractivity contribution is 8.00. The van der Waals surface area contributed by atoms with E-state index in [2.05, 4.69) is 0 Å². The maximum atomic E-state index is 12.3. The summed E-state index contributed by atoms with van der Waals surface area (Å²) >= 11 is 1.57. The molecule has 2 unspecified atom stereocenters. The quantitative estimate of drug-likeness (QED) is 0.832. The van der Waals surface area contributed by atoms with Gasteiger partial charge in [0.15, 0.2) is 0 Å². The zero-order valence-corrected chi connectivity index (χ0v) is 12.8. The summed E-state index contributed by atoms with van der Waals surface area (Å²) in [7, 11) is 0. The highest BCUT2D eigenvalue weighted by atomic mass is 35.5. The number of carbonyl (C=O) groups is 2. The molecule has 2 atom stereocenters. The van der Waals surface area contributed by atoms with Crippen LogP contribution in [0.1, 0.15) is 26.2 Å². The van der Waals surface area contributed by atoms with Crippen molar-refractivity contribution in [3.8, 4) is 0 Å². The minimum absolute atomic E-state index is 0. The van der Waals surface area contributed by atoms with Crippen LogP contribution < -0.4 is 5.73 Å². The van der Waals surface area contributed by atoms with Crippen LogP contribution >= 0.6 is 24.2 Å². The molecular weight excluding hydrogens is 286 g/mol. The molecular formula is C12H22ClN3O2S. The molecule has 2 aliphatic rings. The number of nitrogens with zero attached hydrogens (tertiary/aromatic N) is 2. The van der Waals surface area contributed by atoms with E-state index < -0.39 is 0 Å². The zero-order valence-electron chi connectivity index (χ0n) is 11.2. The van der Waals surface area contributed by atoms with Crippen molar-refractivity contribution in [1.82, 2.24) is 9.80 Å². The fraction of sp³-hybridized carbons (Fsp3) is 0.833. The van der Waals surface area contributed by atoms with Crippen molar-refractivity contribution in [3.63, 3.8) is 0 Å². The topological polar surface area (TPSA) is 66.6 Å².